The molecule has 0 bridgehead atoms. The zero-order valence-corrected chi connectivity index (χ0v) is 14.7. The quantitative estimate of drug-likeness (QED) is 0.607. The Morgan fingerprint density at radius 1 is 1.54 bits per heavy atom. The molecule has 1 saturated heterocycles. The van der Waals surface area contributed by atoms with E-state index in [1.54, 1.807) is 25.7 Å². The maximum absolute atomic E-state index is 12.4. The smallest absolute Gasteiger partial charge is 0.410 e. The van der Waals surface area contributed by atoms with Crippen molar-refractivity contribution in [1.29, 1.82) is 0 Å². The number of nitro groups is 1. The van der Waals surface area contributed by atoms with E-state index in [0.717, 1.165) is 0 Å². The highest BCUT2D eigenvalue weighted by Crippen LogP contribution is 2.24. The van der Waals surface area contributed by atoms with Crippen molar-refractivity contribution in [3.63, 3.8) is 0 Å². The molecule has 0 aromatic carbocycles. The van der Waals surface area contributed by atoms with Crippen LogP contribution in [0.1, 0.15) is 27.2 Å². The van der Waals surface area contributed by atoms with E-state index in [1.165, 1.54) is 18.3 Å². The number of carbonyl (C=O) groups is 1. The molecule has 2 rings (SSSR count). The number of hydrogen-bond donors (Lipinski definition) is 0. The van der Waals surface area contributed by atoms with Gasteiger partial charge in [0, 0.05) is 31.1 Å². The molecular formula is C15H21N3O5S. The van der Waals surface area contributed by atoms with E-state index in [4.69, 9.17) is 4.74 Å². The van der Waals surface area contributed by atoms with Crippen LogP contribution in [0.5, 0.6) is 0 Å². The SMILES string of the molecule is CC(C)(C)OC(=O)N1CC[C@@H](C[S@@](=O)c2ncccc2[N+](=O)[O-])C1. The van der Waals surface area contributed by atoms with E-state index in [-0.39, 0.29) is 28.5 Å². The van der Waals surface area contributed by atoms with Gasteiger partial charge in [0.25, 0.3) is 0 Å². The summed E-state index contributed by atoms with van der Waals surface area (Å²) in [5.74, 6) is 0.233. The maximum atomic E-state index is 12.4. The molecule has 0 N–H and O–H groups in total. The number of amides is 1. The number of aromatic nitrogens is 1. The molecule has 9 heteroatoms. The summed E-state index contributed by atoms with van der Waals surface area (Å²) in [6.07, 6.45) is 1.69. The molecule has 1 fully saturated rings. The lowest BCUT2D eigenvalue weighted by Gasteiger charge is -2.24. The summed E-state index contributed by atoms with van der Waals surface area (Å²) in [6.45, 7) is 6.36. The second kappa shape index (κ2) is 7.25. The first-order valence-corrected chi connectivity index (χ1v) is 8.95. The van der Waals surface area contributed by atoms with Crippen LogP contribution >= 0.6 is 0 Å². The lowest BCUT2D eigenvalue weighted by atomic mass is 10.2. The summed E-state index contributed by atoms with van der Waals surface area (Å²) in [7, 11) is -1.58. The molecule has 2 heterocycles. The normalized spacial score (nSPS) is 19.1. The monoisotopic (exact) mass is 355 g/mol. The van der Waals surface area contributed by atoms with Gasteiger partial charge in [-0.2, -0.15) is 0 Å². The first-order chi connectivity index (χ1) is 11.2. The Morgan fingerprint density at radius 3 is 2.88 bits per heavy atom. The van der Waals surface area contributed by atoms with Gasteiger partial charge in [0.1, 0.15) is 5.60 Å². The molecule has 0 spiro atoms. The fourth-order valence-electron chi connectivity index (χ4n) is 2.45. The third-order valence-electron chi connectivity index (χ3n) is 3.49. The minimum atomic E-state index is -1.58. The Kier molecular flexibility index (Phi) is 5.53. The van der Waals surface area contributed by atoms with E-state index >= 15 is 0 Å². The summed E-state index contributed by atoms with van der Waals surface area (Å²) >= 11 is 0. The minimum absolute atomic E-state index is 0.0000353. The zero-order chi connectivity index (χ0) is 17.9. The van der Waals surface area contributed by atoms with Gasteiger partial charge in [-0.1, -0.05) is 0 Å². The number of nitrogens with zero attached hydrogens (tertiary/aromatic N) is 3. The van der Waals surface area contributed by atoms with Crippen molar-refractivity contribution >= 4 is 22.6 Å². The van der Waals surface area contributed by atoms with E-state index in [1.807, 2.05) is 0 Å². The molecule has 132 valence electrons. The van der Waals surface area contributed by atoms with E-state index < -0.39 is 21.3 Å². The Hall–Kier alpha value is -2.03. The van der Waals surface area contributed by atoms with Gasteiger partial charge in [-0.3, -0.25) is 14.3 Å². The van der Waals surface area contributed by atoms with Crippen molar-refractivity contribution in [1.82, 2.24) is 9.88 Å². The number of ether oxygens (including phenoxy) is 1. The number of rotatable bonds is 4. The van der Waals surface area contributed by atoms with Crippen molar-refractivity contribution < 1.29 is 18.7 Å². The van der Waals surface area contributed by atoms with Gasteiger partial charge in [-0.05, 0) is 39.2 Å². The number of carbonyl (C=O) groups excluding carboxylic acids is 1. The van der Waals surface area contributed by atoms with E-state index in [0.29, 0.717) is 19.5 Å². The molecule has 2 atom stereocenters. The predicted molar refractivity (Wildman–Crippen MR) is 88.1 cm³/mol. The Bertz CT molecular complexity index is 659. The van der Waals surface area contributed by atoms with Crippen LogP contribution in [0.4, 0.5) is 10.5 Å². The van der Waals surface area contributed by atoms with Gasteiger partial charge >= 0.3 is 11.8 Å². The first kappa shape index (κ1) is 18.3. The van der Waals surface area contributed by atoms with Gasteiger partial charge in [0.05, 0.1) is 15.7 Å². The standard InChI is InChI=1S/C15H21N3O5S/c1-15(2,3)23-14(19)17-8-6-11(9-17)10-24(22)13-12(18(20)21)5-4-7-16-13/h4-5,7,11H,6,8-10H2,1-3H3/t11-,24-/m1/s1. The number of hydrogen-bond acceptors (Lipinski definition) is 6. The van der Waals surface area contributed by atoms with Crippen LogP contribution in [0.15, 0.2) is 23.4 Å². The highest BCUT2D eigenvalue weighted by Gasteiger charge is 2.32. The summed E-state index contributed by atoms with van der Waals surface area (Å²) in [5.41, 5.74) is -0.801. The molecule has 1 aromatic rings. The number of likely N-dealkylation sites (tertiary alicyclic amines) is 1. The molecule has 0 aliphatic carbocycles. The van der Waals surface area contributed by atoms with Gasteiger partial charge < -0.3 is 9.64 Å². The molecule has 1 aliphatic heterocycles. The molecule has 0 unspecified atom stereocenters. The molecule has 24 heavy (non-hydrogen) atoms. The number of pyridine rings is 1. The predicted octanol–water partition coefficient (Wildman–Crippen LogP) is 2.35. The molecule has 0 saturated carbocycles. The average molecular weight is 355 g/mol. The fourth-order valence-corrected chi connectivity index (χ4v) is 3.86. The zero-order valence-electron chi connectivity index (χ0n) is 13.9. The molecule has 1 aliphatic rings. The molecule has 0 radical (unpaired) electrons. The van der Waals surface area contributed by atoms with Crippen LogP contribution < -0.4 is 0 Å². The van der Waals surface area contributed by atoms with Crippen LogP contribution in [0.2, 0.25) is 0 Å². The van der Waals surface area contributed by atoms with Crippen LogP contribution in [0, 0.1) is 16.0 Å². The highest BCUT2D eigenvalue weighted by atomic mass is 32.2. The van der Waals surface area contributed by atoms with Crippen molar-refractivity contribution in [2.75, 3.05) is 18.8 Å². The third kappa shape index (κ3) is 4.73. The summed E-state index contributed by atoms with van der Waals surface area (Å²) in [4.78, 5) is 27.9. The van der Waals surface area contributed by atoms with Crippen molar-refractivity contribution in [2.45, 2.75) is 37.8 Å². The lowest BCUT2D eigenvalue weighted by Crippen LogP contribution is -2.35. The Labute approximate surface area is 142 Å². The van der Waals surface area contributed by atoms with E-state index in [2.05, 4.69) is 4.98 Å². The molecule has 8 nitrogen and oxygen atoms in total. The first-order valence-electron chi connectivity index (χ1n) is 7.63. The van der Waals surface area contributed by atoms with Gasteiger partial charge in [0.2, 0.25) is 5.03 Å². The second-order valence-electron chi connectivity index (χ2n) is 6.68. The van der Waals surface area contributed by atoms with Crippen LogP contribution in [0.25, 0.3) is 0 Å². The molecule has 1 amide bonds. The highest BCUT2D eigenvalue weighted by molar-refractivity contribution is 7.85. The van der Waals surface area contributed by atoms with E-state index in [9.17, 15) is 19.1 Å². The second-order valence-corrected chi connectivity index (χ2v) is 8.09. The fraction of sp³-hybridized carbons (Fsp3) is 0.600. The molecule has 1 aromatic heterocycles. The third-order valence-corrected chi connectivity index (χ3v) is 5.01. The van der Waals surface area contributed by atoms with Gasteiger partial charge in [-0.15, -0.1) is 0 Å². The Balaban J connectivity index is 1.97. The topological polar surface area (TPSA) is 103 Å². The minimum Gasteiger partial charge on any atom is -0.444 e. The van der Waals surface area contributed by atoms with Crippen LogP contribution in [-0.4, -0.2) is 49.6 Å². The van der Waals surface area contributed by atoms with Crippen molar-refractivity contribution in [3.05, 3.63) is 28.4 Å². The van der Waals surface area contributed by atoms with Crippen LogP contribution in [0.3, 0.4) is 0 Å². The lowest BCUT2D eigenvalue weighted by molar-refractivity contribution is -0.388. The maximum Gasteiger partial charge on any atom is 0.410 e. The van der Waals surface area contributed by atoms with Gasteiger partial charge in [-0.25, -0.2) is 9.78 Å². The van der Waals surface area contributed by atoms with Crippen molar-refractivity contribution in [3.8, 4) is 0 Å². The summed E-state index contributed by atoms with van der Waals surface area (Å²) in [6, 6.07) is 2.74. The van der Waals surface area contributed by atoms with Crippen molar-refractivity contribution in [2.24, 2.45) is 5.92 Å². The molecular weight excluding hydrogens is 334 g/mol. The Morgan fingerprint density at radius 2 is 2.25 bits per heavy atom. The summed E-state index contributed by atoms with van der Waals surface area (Å²) in [5, 5.41) is 11.0. The van der Waals surface area contributed by atoms with Crippen LogP contribution in [-0.2, 0) is 15.5 Å². The average Bonchev–Trinajstić information content (AvgIpc) is 2.94. The summed E-state index contributed by atoms with van der Waals surface area (Å²) < 4.78 is 17.8. The van der Waals surface area contributed by atoms with Gasteiger partial charge in [0.15, 0.2) is 0 Å². The largest absolute Gasteiger partial charge is 0.444 e.